The monoisotopic (exact) mass is 335 g/mol. The summed E-state index contributed by atoms with van der Waals surface area (Å²) in [5, 5.41) is 10.6. The second-order valence-electron chi connectivity index (χ2n) is 4.64. The van der Waals surface area contributed by atoms with Crippen LogP contribution in [0.4, 0.5) is 15.8 Å². The Hall–Kier alpha value is -1.39. The number of nitro benzene ring substituents is 1. The largest absolute Gasteiger partial charge is 0.397 e. The highest BCUT2D eigenvalue weighted by molar-refractivity contribution is 7.99. The van der Waals surface area contributed by atoms with E-state index in [-0.39, 0.29) is 6.04 Å². The Morgan fingerprint density at radius 3 is 2.71 bits per heavy atom. The van der Waals surface area contributed by atoms with E-state index in [4.69, 9.17) is 5.73 Å². The number of nitrogens with zero attached hydrogens (tertiary/aromatic N) is 1. The first-order chi connectivity index (χ1) is 9.81. The lowest BCUT2D eigenvalue weighted by Gasteiger charge is -2.22. The molecule has 0 saturated carbocycles. The molecule has 116 valence electrons. The minimum absolute atomic E-state index is 0.289. The second-order valence-corrected chi connectivity index (χ2v) is 7.44. The number of benzene rings is 1. The van der Waals surface area contributed by atoms with Gasteiger partial charge in [-0.2, -0.15) is 11.8 Å². The molecule has 1 heterocycles. The molecule has 0 spiro atoms. The molecule has 0 bridgehead atoms. The van der Waals surface area contributed by atoms with E-state index in [1.165, 1.54) is 0 Å². The molecule has 7 nitrogen and oxygen atoms in total. The molecule has 1 aromatic carbocycles. The van der Waals surface area contributed by atoms with Crippen LogP contribution < -0.4 is 10.5 Å². The highest BCUT2D eigenvalue weighted by Gasteiger charge is 2.28. The van der Waals surface area contributed by atoms with Crippen LogP contribution in [-0.2, 0) is 10.0 Å². The topological polar surface area (TPSA) is 115 Å². The molecule has 1 saturated heterocycles. The smallest absolute Gasteiger partial charge is 0.274 e. The van der Waals surface area contributed by atoms with Gasteiger partial charge in [0.05, 0.1) is 16.7 Å². The van der Waals surface area contributed by atoms with Crippen molar-refractivity contribution in [2.75, 3.05) is 17.2 Å². The fourth-order valence-corrected chi connectivity index (χ4v) is 4.72. The maximum absolute atomic E-state index is 13.9. The Kier molecular flexibility index (Phi) is 4.69. The van der Waals surface area contributed by atoms with Crippen LogP contribution in [0.25, 0.3) is 0 Å². The van der Waals surface area contributed by atoms with Crippen molar-refractivity contribution in [1.29, 1.82) is 0 Å². The van der Waals surface area contributed by atoms with Crippen LogP contribution >= 0.6 is 11.8 Å². The van der Waals surface area contributed by atoms with Gasteiger partial charge >= 0.3 is 0 Å². The van der Waals surface area contributed by atoms with Gasteiger partial charge in [-0.15, -0.1) is 0 Å². The lowest BCUT2D eigenvalue weighted by molar-refractivity contribution is -0.385. The molecule has 1 aromatic rings. The lowest BCUT2D eigenvalue weighted by Crippen LogP contribution is -2.38. The van der Waals surface area contributed by atoms with Crippen molar-refractivity contribution in [2.45, 2.75) is 23.8 Å². The second kappa shape index (κ2) is 6.16. The standard InChI is InChI=1S/C11H14FN3O4S2/c12-9-4-8(15(16)17)5-10(13)11(9)21(18,19)14-7-2-1-3-20-6-7/h4-5,7,14H,1-3,6,13H2. The third-order valence-electron chi connectivity index (χ3n) is 3.02. The van der Waals surface area contributed by atoms with Gasteiger partial charge in [0.25, 0.3) is 5.69 Å². The first-order valence-electron chi connectivity index (χ1n) is 6.15. The van der Waals surface area contributed by atoms with Crippen molar-refractivity contribution >= 4 is 33.2 Å². The zero-order chi connectivity index (χ0) is 15.6. The first-order valence-corrected chi connectivity index (χ1v) is 8.78. The van der Waals surface area contributed by atoms with Gasteiger partial charge in [-0.05, 0) is 18.6 Å². The Balaban J connectivity index is 2.33. The maximum Gasteiger partial charge on any atom is 0.274 e. The van der Waals surface area contributed by atoms with Gasteiger partial charge in [-0.1, -0.05) is 0 Å². The lowest BCUT2D eigenvalue weighted by atomic mass is 10.2. The van der Waals surface area contributed by atoms with E-state index in [1.807, 2.05) is 0 Å². The summed E-state index contributed by atoms with van der Waals surface area (Å²) in [6.07, 6.45) is 1.54. The van der Waals surface area contributed by atoms with Crippen LogP contribution in [0.15, 0.2) is 17.0 Å². The average Bonchev–Trinajstić information content (AvgIpc) is 2.37. The summed E-state index contributed by atoms with van der Waals surface area (Å²) in [5.74, 6) is 0.345. The predicted molar refractivity (Wildman–Crippen MR) is 78.1 cm³/mol. The number of hydrogen-bond acceptors (Lipinski definition) is 6. The molecule has 1 aliphatic rings. The Bertz CT molecular complexity index is 636. The summed E-state index contributed by atoms with van der Waals surface area (Å²) in [7, 11) is -4.15. The summed E-state index contributed by atoms with van der Waals surface area (Å²) in [5.41, 5.74) is 4.42. The van der Waals surface area contributed by atoms with E-state index in [9.17, 15) is 22.9 Å². The molecule has 2 rings (SSSR count). The zero-order valence-corrected chi connectivity index (χ0v) is 12.5. The molecular formula is C11H14FN3O4S2. The maximum atomic E-state index is 13.9. The molecule has 1 fully saturated rings. The van der Waals surface area contributed by atoms with Crippen molar-refractivity contribution in [3.63, 3.8) is 0 Å². The van der Waals surface area contributed by atoms with Gasteiger partial charge in [0.15, 0.2) is 5.82 Å². The highest BCUT2D eigenvalue weighted by Crippen LogP contribution is 2.28. The van der Waals surface area contributed by atoms with E-state index in [2.05, 4.69) is 4.72 Å². The minimum atomic E-state index is -4.15. The predicted octanol–water partition coefficient (Wildman–Crippen LogP) is 1.49. The van der Waals surface area contributed by atoms with Crippen LogP contribution in [-0.4, -0.2) is 30.9 Å². The molecule has 0 aliphatic carbocycles. The van der Waals surface area contributed by atoms with Gasteiger partial charge < -0.3 is 5.73 Å². The number of hydrogen-bond donors (Lipinski definition) is 2. The number of nitro groups is 1. The summed E-state index contributed by atoms with van der Waals surface area (Å²) in [6.45, 7) is 0. The van der Waals surface area contributed by atoms with Gasteiger partial charge in [0, 0.05) is 17.9 Å². The zero-order valence-electron chi connectivity index (χ0n) is 10.9. The average molecular weight is 335 g/mol. The quantitative estimate of drug-likeness (QED) is 0.489. The van der Waals surface area contributed by atoms with Crippen LogP contribution in [0.2, 0.25) is 0 Å². The summed E-state index contributed by atoms with van der Waals surface area (Å²) < 4.78 is 40.7. The molecule has 1 unspecified atom stereocenters. The normalized spacial score (nSPS) is 19.4. The first kappa shape index (κ1) is 16.0. The van der Waals surface area contributed by atoms with Gasteiger partial charge in [0.2, 0.25) is 10.0 Å². The molecule has 3 N–H and O–H groups in total. The number of rotatable bonds is 4. The van der Waals surface area contributed by atoms with E-state index < -0.39 is 37.0 Å². The Labute approximate surface area is 125 Å². The fourth-order valence-electron chi connectivity index (χ4n) is 2.10. The van der Waals surface area contributed by atoms with Gasteiger partial charge in [0.1, 0.15) is 4.90 Å². The number of anilines is 1. The minimum Gasteiger partial charge on any atom is -0.397 e. The molecule has 0 aromatic heterocycles. The molecule has 1 aliphatic heterocycles. The van der Waals surface area contributed by atoms with Crippen molar-refractivity contribution in [1.82, 2.24) is 4.72 Å². The third kappa shape index (κ3) is 3.63. The molecular weight excluding hydrogens is 321 g/mol. The molecule has 21 heavy (non-hydrogen) atoms. The van der Waals surface area contributed by atoms with Crippen molar-refractivity contribution < 1.29 is 17.7 Å². The number of nitrogens with two attached hydrogens (primary N) is 1. The van der Waals surface area contributed by atoms with Crippen LogP contribution in [0, 0.1) is 15.9 Å². The summed E-state index contributed by atoms with van der Waals surface area (Å²) >= 11 is 1.61. The van der Waals surface area contributed by atoms with Gasteiger partial charge in [-0.3, -0.25) is 10.1 Å². The van der Waals surface area contributed by atoms with Gasteiger partial charge in [-0.25, -0.2) is 17.5 Å². The third-order valence-corrected chi connectivity index (χ3v) is 5.85. The van der Waals surface area contributed by atoms with Crippen LogP contribution in [0.1, 0.15) is 12.8 Å². The van der Waals surface area contributed by atoms with Crippen molar-refractivity contribution in [3.05, 3.63) is 28.1 Å². The SMILES string of the molecule is Nc1cc([N+](=O)[O-])cc(F)c1S(=O)(=O)NC1CCCSC1. The van der Waals surface area contributed by atoms with Crippen LogP contribution in [0.5, 0.6) is 0 Å². The molecule has 0 amide bonds. The van der Waals surface area contributed by atoms with E-state index in [0.29, 0.717) is 18.2 Å². The van der Waals surface area contributed by atoms with Crippen molar-refractivity contribution in [3.8, 4) is 0 Å². The number of non-ortho nitro benzene ring substituents is 1. The summed E-state index contributed by atoms with van der Waals surface area (Å²) in [6, 6.07) is 1.11. The number of sulfonamides is 1. The van der Waals surface area contributed by atoms with Crippen molar-refractivity contribution in [2.24, 2.45) is 0 Å². The molecule has 10 heteroatoms. The van der Waals surface area contributed by atoms with E-state index in [0.717, 1.165) is 18.2 Å². The highest BCUT2D eigenvalue weighted by atomic mass is 32.2. The fraction of sp³-hybridized carbons (Fsp3) is 0.455. The number of thioether (sulfide) groups is 1. The number of nitrogens with one attached hydrogen (secondary N) is 1. The van der Waals surface area contributed by atoms with Crippen LogP contribution in [0.3, 0.4) is 0 Å². The number of halogens is 1. The van der Waals surface area contributed by atoms with E-state index in [1.54, 1.807) is 11.8 Å². The summed E-state index contributed by atoms with van der Waals surface area (Å²) in [4.78, 5) is 9.03. The number of nitrogen functional groups attached to an aromatic ring is 1. The Morgan fingerprint density at radius 1 is 1.48 bits per heavy atom. The molecule has 1 atom stereocenters. The Morgan fingerprint density at radius 2 is 2.19 bits per heavy atom. The van der Waals surface area contributed by atoms with E-state index >= 15 is 0 Å². The molecule has 0 radical (unpaired) electrons.